The van der Waals surface area contributed by atoms with Crippen molar-refractivity contribution < 1.29 is 0 Å². The van der Waals surface area contributed by atoms with Gasteiger partial charge in [0.05, 0.1) is 0 Å². The maximum absolute atomic E-state index is 5.81. The average molecular weight is 199 g/mol. The van der Waals surface area contributed by atoms with Crippen LogP contribution in [0.1, 0.15) is 32.1 Å². The molecule has 0 aromatic heterocycles. The molecule has 1 aliphatic rings. The maximum atomic E-state index is 5.81. The monoisotopic (exact) mass is 199 g/mol. The van der Waals surface area contributed by atoms with Crippen LogP contribution in [0.5, 0.6) is 0 Å². The zero-order chi connectivity index (χ0) is 10.4. The molecule has 0 aromatic rings. The van der Waals surface area contributed by atoms with Gasteiger partial charge in [0.2, 0.25) is 0 Å². The largest absolute Gasteiger partial charge is 0.330 e. The summed E-state index contributed by atoms with van der Waals surface area (Å²) in [6.07, 6.45) is 6.25. The second-order valence-corrected chi connectivity index (χ2v) is 4.60. The van der Waals surface area contributed by atoms with E-state index in [4.69, 9.17) is 17.2 Å². The molecule has 3 heteroatoms. The van der Waals surface area contributed by atoms with Gasteiger partial charge in [-0.1, -0.05) is 0 Å². The fraction of sp³-hybridized carbons (Fsp3) is 1.00. The van der Waals surface area contributed by atoms with Crippen LogP contribution in [0.25, 0.3) is 0 Å². The molecule has 84 valence electrons. The van der Waals surface area contributed by atoms with Gasteiger partial charge in [-0.15, -0.1) is 0 Å². The first kappa shape index (κ1) is 12.0. The molecule has 0 bridgehead atoms. The van der Waals surface area contributed by atoms with E-state index in [-0.39, 0.29) is 0 Å². The van der Waals surface area contributed by atoms with Gasteiger partial charge in [0.1, 0.15) is 0 Å². The van der Waals surface area contributed by atoms with E-state index in [9.17, 15) is 0 Å². The van der Waals surface area contributed by atoms with E-state index in [0.29, 0.717) is 5.92 Å². The first-order valence-corrected chi connectivity index (χ1v) is 5.92. The van der Waals surface area contributed by atoms with Crippen molar-refractivity contribution in [1.29, 1.82) is 0 Å². The lowest BCUT2D eigenvalue weighted by molar-refractivity contribution is 0.177. The lowest BCUT2D eigenvalue weighted by atomic mass is 9.72. The Morgan fingerprint density at radius 3 is 2.29 bits per heavy atom. The molecule has 3 atom stereocenters. The Bertz CT molecular complexity index is 149. The highest BCUT2D eigenvalue weighted by molar-refractivity contribution is 4.81. The van der Waals surface area contributed by atoms with Crippen molar-refractivity contribution in [3.8, 4) is 0 Å². The third-order valence-electron chi connectivity index (χ3n) is 3.66. The van der Waals surface area contributed by atoms with Crippen molar-refractivity contribution in [2.45, 2.75) is 32.1 Å². The van der Waals surface area contributed by atoms with Gasteiger partial charge in [-0.3, -0.25) is 0 Å². The second-order valence-electron chi connectivity index (χ2n) is 4.60. The minimum Gasteiger partial charge on any atom is -0.330 e. The summed E-state index contributed by atoms with van der Waals surface area (Å²) in [7, 11) is 0. The van der Waals surface area contributed by atoms with Crippen LogP contribution in [0.3, 0.4) is 0 Å². The standard InChI is InChI=1S/C11H25N3/c12-5-1-2-10-4-3-9(7-13)6-11(10)8-14/h9-11H,1-8,12-14H2. The van der Waals surface area contributed by atoms with Crippen molar-refractivity contribution in [2.24, 2.45) is 35.0 Å². The molecule has 0 heterocycles. The molecule has 1 fully saturated rings. The maximum Gasteiger partial charge on any atom is -0.00461 e. The van der Waals surface area contributed by atoms with Crippen molar-refractivity contribution >= 4 is 0 Å². The minimum atomic E-state index is 0.698. The molecule has 1 aliphatic carbocycles. The Balaban J connectivity index is 2.35. The molecule has 0 amide bonds. The Morgan fingerprint density at radius 1 is 0.929 bits per heavy atom. The van der Waals surface area contributed by atoms with Crippen molar-refractivity contribution in [1.82, 2.24) is 0 Å². The van der Waals surface area contributed by atoms with Crippen LogP contribution in [0, 0.1) is 17.8 Å². The Labute approximate surface area is 87.4 Å². The number of rotatable bonds is 5. The summed E-state index contributed by atoms with van der Waals surface area (Å²) in [4.78, 5) is 0. The SMILES string of the molecule is NCCCC1CCC(CN)CC1CN. The molecule has 0 saturated heterocycles. The highest BCUT2D eigenvalue weighted by Crippen LogP contribution is 2.35. The van der Waals surface area contributed by atoms with Gasteiger partial charge >= 0.3 is 0 Å². The number of hydrogen-bond donors (Lipinski definition) is 3. The topological polar surface area (TPSA) is 78.1 Å². The predicted molar refractivity (Wildman–Crippen MR) is 60.7 cm³/mol. The fourth-order valence-corrected chi connectivity index (χ4v) is 2.69. The summed E-state index contributed by atoms with van der Waals surface area (Å²) in [5.41, 5.74) is 17.0. The summed E-state index contributed by atoms with van der Waals surface area (Å²) < 4.78 is 0. The quantitative estimate of drug-likeness (QED) is 0.609. The molecule has 14 heavy (non-hydrogen) atoms. The van der Waals surface area contributed by atoms with E-state index >= 15 is 0 Å². The summed E-state index contributed by atoms with van der Waals surface area (Å²) in [5.74, 6) is 2.23. The van der Waals surface area contributed by atoms with Crippen LogP contribution >= 0.6 is 0 Å². The summed E-state index contributed by atoms with van der Waals surface area (Å²) in [5, 5.41) is 0. The van der Waals surface area contributed by atoms with Crippen LogP contribution in [-0.2, 0) is 0 Å². The van der Waals surface area contributed by atoms with Gasteiger partial charge in [-0.05, 0) is 69.5 Å². The van der Waals surface area contributed by atoms with Gasteiger partial charge in [0, 0.05) is 0 Å². The van der Waals surface area contributed by atoms with Gasteiger partial charge < -0.3 is 17.2 Å². The number of nitrogens with two attached hydrogens (primary N) is 3. The lowest BCUT2D eigenvalue weighted by Gasteiger charge is -2.35. The summed E-state index contributed by atoms with van der Waals surface area (Å²) in [6.45, 7) is 2.47. The Morgan fingerprint density at radius 2 is 1.71 bits per heavy atom. The van der Waals surface area contributed by atoms with Crippen LogP contribution < -0.4 is 17.2 Å². The van der Waals surface area contributed by atoms with E-state index in [1.807, 2.05) is 0 Å². The summed E-state index contributed by atoms with van der Waals surface area (Å²) >= 11 is 0. The highest BCUT2D eigenvalue weighted by Gasteiger charge is 2.28. The zero-order valence-electron chi connectivity index (χ0n) is 9.12. The Kier molecular flexibility index (Phi) is 5.45. The van der Waals surface area contributed by atoms with E-state index < -0.39 is 0 Å². The highest BCUT2D eigenvalue weighted by atomic mass is 14.6. The molecule has 3 unspecified atom stereocenters. The van der Waals surface area contributed by atoms with Crippen molar-refractivity contribution in [2.75, 3.05) is 19.6 Å². The molecule has 1 saturated carbocycles. The zero-order valence-corrected chi connectivity index (χ0v) is 9.12. The molecule has 0 radical (unpaired) electrons. The van der Waals surface area contributed by atoms with Gasteiger partial charge in [0.15, 0.2) is 0 Å². The predicted octanol–water partition coefficient (Wildman–Crippen LogP) is 0.675. The molecular weight excluding hydrogens is 174 g/mol. The molecular formula is C11H25N3. The molecule has 0 spiro atoms. The van der Waals surface area contributed by atoms with E-state index in [1.54, 1.807) is 0 Å². The normalized spacial score (nSPS) is 33.2. The molecule has 3 nitrogen and oxygen atoms in total. The van der Waals surface area contributed by atoms with Gasteiger partial charge in [0.25, 0.3) is 0 Å². The van der Waals surface area contributed by atoms with E-state index in [0.717, 1.165) is 37.9 Å². The van der Waals surface area contributed by atoms with Crippen LogP contribution in [-0.4, -0.2) is 19.6 Å². The fourth-order valence-electron chi connectivity index (χ4n) is 2.69. The third kappa shape index (κ3) is 3.23. The average Bonchev–Trinajstić information content (AvgIpc) is 2.26. The molecule has 6 N–H and O–H groups in total. The first-order chi connectivity index (χ1) is 6.81. The summed E-state index contributed by atoms with van der Waals surface area (Å²) in [6, 6.07) is 0. The molecule has 1 rings (SSSR count). The van der Waals surface area contributed by atoms with E-state index in [1.165, 1.54) is 25.7 Å². The van der Waals surface area contributed by atoms with E-state index in [2.05, 4.69) is 0 Å². The van der Waals surface area contributed by atoms with Gasteiger partial charge in [-0.25, -0.2) is 0 Å². The third-order valence-corrected chi connectivity index (χ3v) is 3.66. The molecule has 0 aliphatic heterocycles. The van der Waals surface area contributed by atoms with Crippen LogP contribution in [0.4, 0.5) is 0 Å². The molecule has 0 aromatic carbocycles. The Hall–Kier alpha value is -0.120. The van der Waals surface area contributed by atoms with Crippen molar-refractivity contribution in [3.63, 3.8) is 0 Å². The lowest BCUT2D eigenvalue weighted by Crippen LogP contribution is -2.33. The van der Waals surface area contributed by atoms with Gasteiger partial charge in [-0.2, -0.15) is 0 Å². The first-order valence-electron chi connectivity index (χ1n) is 5.92. The van der Waals surface area contributed by atoms with Crippen molar-refractivity contribution in [3.05, 3.63) is 0 Å². The smallest absolute Gasteiger partial charge is 0.00461 e. The second kappa shape index (κ2) is 6.38. The van der Waals surface area contributed by atoms with Crippen LogP contribution in [0.2, 0.25) is 0 Å². The number of hydrogen-bond acceptors (Lipinski definition) is 3. The minimum absolute atomic E-state index is 0.698. The van der Waals surface area contributed by atoms with Crippen LogP contribution in [0.15, 0.2) is 0 Å².